The highest BCUT2D eigenvalue weighted by molar-refractivity contribution is 6.11. The Hall–Kier alpha value is -7.82. The molecule has 0 fully saturated rings. The Morgan fingerprint density at radius 1 is 0.295 bits per heavy atom. The van der Waals surface area contributed by atoms with Crippen LogP contribution in [0.3, 0.4) is 0 Å². The first-order chi connectivity index (χ1) is 29.9. The largest absolute Gasteiger partial charge is 0.356 e. The maximum atomic E-state index is 3.69. The fourth-order valence-electron chi connectivity index (χ4n) is 8.54. The Labute approximate surface area is 357 Å². The summed E-state index contributed by atoms with van der Waals surface area (Å²) in [6.45, 7) is 6.48. The lowest BCUT2D eigenvalue weighted by Gasteiger charge is -2.12. The minimum absolute atomic E-state index is 1.04. The van der Waals surface area contributed by atoms with Crippen molar-refractivity contribution in [3.8, 4) is 39.1 Å². The summed E-state index contributed by atoms with van der Waals surface area (Å²) >= 11 is 0. The second-order valence-corrected chi connectivity index (χ2v) is 15.9. The SMILES string of the molecule is Cc1ccccc1-c1ccc(Nc2ccc(-n3c4ccc(Nc5ccc(-c6ccccc6C)cc5)cc4c4cc(Nc5ccc(-c6ccccc6C)cc5)ccc43)cc2)cc1. The molecule has 0 aliphatic rings. The summed E-state index contributed by atoms with van der Waals surface area (Å²) in [5.41, 5.74) is 20.9. The molecule has 61 heavy (non-hydrogen) atoms. The van der Waals surface area contributed by atoms with Gasteiger partial charge in [-0.05, 0) is 168 Å². The molecule has 0 unspecified atom stereocenters. The number of hydrogen-bond donors (Lipinski definition) is 3. The lowest BCUT2D eigenvalue weighted by molar-refractivity contribution is 1.18. The highest BCUT2D eigenvalue weighted by atomic mass is 15.0. The van der Waals surface area contributed by atoms with Gasteiger partial charge >= 0.3 is 0 Å². The molecule has 3 N–H and O–H groups in total. The number of rotatable bonds is 10. The molecule has 0 atom stereocenters. The minimum atomic E-state index is 1.04. The number of benzene rings is 9. The lowest BCUT2D eigenvalue weighted by Crippen LogP contribution is -1.96. The first-order valence-corrected chi connectivity index (χ1v) is 20.9. The predicted molar refractivity (Wildman–Crippen MR) is 260 cm³/mol. The number of hydrogen-bond acceptors (Lipinski definition) is 3. The molecule has 0 radical (unpaired) electrons. The quantitative estimate of drug-likeness (QED) is 0.129. The zero-order valence-corrected chi connectivity index (χ0v) is 34.6. The van der Waals surface area contributed by atoms with Gasteiger partial charge < -0.3 is 20.5 Å². The first-order valence-electron chi connectivity index (χ1n) is 20.9. The van der Waals surface area contributed by atoms with Crippen LogP contribution in [-0.2, 0) is 0 Å². The molecule has 294 valence electrons. The fourth-order valence-corrected chi connectivity index (χ4v) is 8.54. The standard InChI is InChI=1S/C57H46N4/c1-38-10-4-7-13-51(38)41-16-22-44(23-17-41)58-47-28-32-50(33-29-47)61-56-34-30-48(59-45-24-18-42(19-25-45)52-14-8-5-11-39(52)2)36-54(56)55-37-49(31-35-57(55)61)60-46-26-20-43(21-27-46)53-15-9-6-12-40(53)3/h4-37,58-60H,1-3H3. The van der Waals surface area contributed by atoms with E-state index in [9.17, 15) is 0 Å². The second kappa shape index (κ2) is 16.1. The molecule has 9 aromatic carbocycles. The van der Waals surface area contributed by atoms with Crippen molar-refractivity contribution in [1.82, 2.24) is 4.57 Å². The molecule has 0 amide bonds. The molecule has 4 heteroatoms. The topological polar surface area (TPSA) is 41.0 Å². The summed E-state index contributed by atoms with van der Waals surface area (Å²) in [7, 11) is 0. The summed E-state index contributed by atoms with van der Waals surface area (Å²) in [6.07, 6.45) is 0. The molecule has 1 heterocycles. The highest BCUT2D eigenvalue weighted by Gasteiger charge is 2.15. The van der Waals surface area contributed by atoms with Gasteiger partial charge in [0.15, 0.2) is 0 Å². The minimum Gasteiger partial charge on any atom is -0.356 e. The van der Waals surface area contributed by atoms with Gasteiger partial charge in [-0.2, -0.15) is 0 Å². The van der Waals surface area contributed by atoms with Gasteiger partial charge in [0.1, 0.15) is 0 Å². The molecular formula is C57H46N4. The van der Waals surface area contributed by atoms with E-state index < -0.39 is 0 Å². The van der Waals surface area contributed by atoms with E-state index in [1.54, 1.807) is 0 Å². The number of nitrogens with zero attached hydrogens (tertiary/aromatic N) is 1. The molecule has 1 aromatic heterocycles. The van der Waals surface area contributed by atoms with E-state index in [0.717, 1.165) is 50.8 Å². The number of anilines is 6. The van der Waals surface area contributed by atoms with Gasteiger partial charge in [0.2, 0.25) is 0 Å². The molecule has 10 aromatic rings. The maximum absolute atomic E-state index is 3.69. The molecule has 0 aliphatic carbocycles. The van der Waals surface area contributed by atoms with Gasteiger partial charge in [-0.1, -0.05) is 109 Å². The van der Waals surface area contributed by atoms with Crippen LogP contribution in [0.15, 0.2) is 206 Å². The molecular weight excluding hydrogens is 741 g/mol. The van der Waals surface area contributed by atoms with Crippen LogP contribution < -0.4 is 16.0 Å². The van der Waals surface area contributed by atoms with Crippen LogP contribution in [0.2, 0.25) is 0 Å². The molecule has 10 rings (SSSR count). The van der Waals surface area contributed by atoms with Crippen LogP contribution in [0.5, 0.6) is 0 Å². The summed E-state index contributed by atoms with van der Waals surface area (Å²) in [6, 6.07) is 73.8. The Balaban J connectivity index is 0.968. The van der Waals surface area contributed by atoms with Crippen LogP contribution in [-0.4, -0.2) is 4.57 Å². The first kappa shape index (κ1) is 37.5. The van der Waals surface area contributed by atoms with Gasteiger partial charge in [0.05, 0.1) is 11.0 Å². The fraction of sp³-hybridized carbons (Fsp3) is 0.0526. The van der Waals surface area contributed by atoms with Crippen LogP contribution in [0.25, 0.3) is 60.9 Å². The average Bonchev–Trinajstić information content (AvgIpc) is 3.61. The number of fused-ring (bicyclic) bond motifs is 3. The molecule has 0 aliphatic heterocycles. The van der Waals surface area contributed by atoms with Gasteiger partial charge in [-0.15, -0.1) is 0 Å². The molecule has 0 spiro atoms. The summed E-state index contributed by atoms with van der Waals surface area (Å²) in [5.74, 6) is 0. The van der Waals surface area contributed by atoms with Crippen molar-refractivity contribution in [2.75, 3.05) is 16.0 Å². The van der Waals surface area contributed by atoms with E-state index in [2.05, 4.69) is 248 Å². The normalized spacial score (nSPS) is 11.2. The van der Waals surface area contributed by atoms with E-state index in [1.165, 1.54) is 60.8 Å². The molecule has 0 saturated heterocycles. The third-order valence-electron chi connectivity index (χ3n) is 11.8. The average molecular weight is 787 g/mol. The molecule has 0 saturated carbocycles. The van der Waals surface area contributed by atoms with Crippen molar-refractivity contribution >= 4 is 55.9 Å². The Kier molecular flexibility index (Phi) is 9.88. The third-order valence-corrected chi connectivity index (χ3v) is 11.8. The van der Waals surface area contributed by atoms with E-state index in [0.29, 0.717) is 0 Å². The van der Waals surface area contributed by atoms with Crippen molar-refractivity contribution in [2.24, 2.45) is 0 Å². The summed E-state index contributed by atoms with van der Waals surface area (Å²) < 4.78 is 2.37. The maximum Gasteiger partial charge on any atom is 0.0542 e. The van der Waals surface area contributed by atoms with Crippen molar-refractivity contribution in [2.45, 2.75) is 20.8 Å². The number of aryl methyl sites for hydroxylation is 3. The van der Waals surface area contributed by atoms with Gasteiger partial charge in [0, 0.05) is 50.6 Å². The predicted octanol–water partition coefficient (Wildman–Crippen LogP) is 15.9. The van der Waals surface area contributed by atoms with Gasteiger partial charge in [0.25, 0.3) is 0 Å². The van der Waals surface area contributed by atoms with E-state index in [4.69, 9.17) is 0 Å². The van der Waals surface area contributed by atoms with Crippen LogP contribution in [0, 0.1) is 20.8 Å². The Morgan fingerprint density at radius 3 is 0.934 bits per heavy atom. The van der Waals surface area contributed by atoms with E-state index in [-0.39, 0.29) is 0 Å². The van der Waals surface area contributed by atoms with Crippen LogP contribution in [0.1, 0.15) is 16.7 Å². The van der Waals surface area contributed by atoms with Crippen molar-refractivity contribution in [3.05, 3.63) is 223 Å². The zero-order chi connectivity index (χ0) is 41.3. The number of nitrogens with one attached hydrogen (secondary N) is 3. The second-order valence-electron chi connectivity index (χ2n) is 15.9. The Morgan fingerprint density at radius 2 is 0.590 bits per heavy atom. The smallest absolute Gasteiger partial charge is 0.0542 e. The zero-order valence-electron chi connectivity index (χ0n) is 34.6. The molecule has 4 nitrogen and oxygen atoms in total. The van der Waals surface area contributed by atoms with Crippen molar-refractivity contribution in [3.63, 3.8) is 0 Å². The van der Waals surface area contributed by atoms with Crippen molar-refractivity contribution in [1.29, 1.82) is 0 Å². The van der Waals surface area contributed by atoms with Crippen molar-refractivity contribution < 1.29 is 0 Å². The van der Waals surface area contributed by atoms with Gasteiger partial charge in [-0.25, -0.2) is 0 Å². The monoisotopic (exact) mass is 786 g/mol. The Bertz CT molecular complexity index is 3010. The summed E-state index contributed by atoms with van der Waals surface area (Å²) in [5, 5.41) is 13.3. The van der Waals surface area contributed by atoms with E-state index >= 15 is 0 Å². The molecule has 0 bridgehead atoms. The van der Waals surface area contributed by atoms with E-state index in [1.807, 2.05) is 0 Å². The lowest BCUT2D eigenvalue weighted by atomic mass is 10.0. The summed E-state index contributed by atoms with van der Waals surface area (Å²) in [4.78, 5) is 0. The van der Waals surface area contributed by atoms with Gasteiger partial charge in [-0.3, -0.25) is 0 Å². The van der Waals surface area contributed by atoms with Crippen LogP contribution in [0.4, 0.5) is 34.1 Å². The van der Waals surface area contributed by atoms with Crippen LogP contribution >= 0.6 is 0 Å². The number of aromatic nitrogens is 1. The highest BCUT2D eigenvalue weighted by Crippen LogP contribution is 2.38. The third kappa shape index (κ3) is 7.64.